The molecule has 2 amide bonds. The van der Waals surface area contributed by atoms with Crippen LogP contribution in [0.3, 0.4) is 0 Å². The van der Waals surface area contributed by atoms with E-state index in [1.807, 2.05) is 46.4 Å². The Bertz CT molecular complexity index is 339. The molecule has 2 atom stereocenters. The Morgan fingerprint density at radius 3 is 1.83 bits per heavy atom. The molecule has 0 aliphatic carbocycles. The molecule has 0 aromatic rings. The molecule has 0 saturated carbocycles. The summed E-state index contributed by atoms with van der Waals surface area (Å²) in [6, 6.07) is -0.117. The first-order valence-corrected chi connectivity index (χ1v) is 6.33. The summed E-state index contributed by atoms with van der Waals surface area (Å²) in [6.45, 7) is 16.0. The van der Waals surface area contributed by atoms with Crippen LogP contribution in [-0.2, 0) is 4.74 Å². The van der Waals surface area contributed by atoms with Gasteiger partial charge in [-0.25, -0.2) is 4.79 Å². The van der Waals surface area contributed by atoms with E-state index in [9.17, 15) is 4.79 Å². The molecule has 0 spiro atoms. The Labute approximate surface area is 111 Å². The molecule has 1 aliphatic heterocycles. The van der Waals surface area contributed by atoms with Crippen LogP contribution in [-0.4, -0.2) is 46.3 Å². The van der Waals surface area contributed by atoms with Gasteiger partial charge >= 0.3 is 6.03 Å². The van der Waals surface area contributed by atoms with Gasteiger partial charge in [0.2, 0.25) is 0 Å². The van der Waals surface area contributed by atoms with E-state index < -0.39 is 0 Å². The minimum Gasteiger partial charge on any atom is -0.359 e. The van der Waals surface area contributed by atoms with Gasteiger partial charge in [0, 0.05) is 18.2 Å². The summed E-state index contributed by atoms with van der Waals surface area (Å²) in [5.74, 6) is 0. The zero-order valence-electron chi connectivity index (χ0n) is 12.7. The molecular weight excluding hydrogens is 228 g/mol. The normalized spacial score (nSPS) is 25.8. The second kappa shape index (κ2) is 4.57. The van der Waals surface area contributed by atoms with Crippen molar-refractivity contribution in [1.82, 2.24) is 9.80 Å². The number of hydrogen-bond acceptors (Lipinski definition) is 2. The largest absolute Gasteiger partial charge is 0.359 e. The zero-order chi connectivity index (χ0) is 14.3. The number of hydrogen-bond donors (Lipinski definition) is 0. The van der Waals surface area contributed by atoms with Crippen LogP contribution in [0.4, 0.5) is 4.79 Å². The van der Waals surface area contributed by atoms with Gasteiger partial charge in [-0.05, 0) is 41.5 Å². The van der Waals surface area contributed by atoms with Gasteiger partial charge in [-0.3, -0.25) is 4.90 Å². The molecule has 1 fully saturated rings. The summed E-state index contributed by atoms with van der Waals surface area (Å²) in [6.07, 6.45) is 1.51. The Balaban J connectivity index is 3.26. The lowest BCUT2D eigenvalue weighted by Crippen LogP contribution is -2.50. The molecule has 104 valence electrons. The van der Waals surface area contributed by atoms with Crippen molar-refractivity contribution in [2.75, 3.05) is 7.11 Å². The van der Waals surface area contributed by atoms with E-state index in [0.717, 1.165) is 0 Å². The highest BCUT2D eigenvalue weighted by molar-refractivity contribution is 5.79. The molecule has 1 aliphatic rings. The van der Waals surface area contributed by atoms with Gasteiger partial charge < -0.3 is 9.64 Å². The average molecular weight is 254 g/mol. The lowest BCUT2D eigenvalue weighted by atomic mass is 10.0. The first kappa shape index (κ1) is 15.0. The minimum atomic E-state index is -0.283. The predicted molar refractivity (Wildman–Crippen MR) is 73.4 cm³/mol. The van der Waals surface area contributed by atoms with Crippen molar-refractivity contribution in [2.45, 2.75) is 64.9 Å². The molecule has 1 heterocycles. The maximum atomic E-state index is 12.7. The van der Waals surface area contributed by atoms with Crippen LogP contribution < -0.4 is 0 Å². The first-order chi connectivity index (χ1) is 8.05. The number of carbonyl (C=O) groups excluding carboxylic acids is 1. The van der Waals surface area contributed by atoms with Crippen molar-refractivity contribution in [3.63, 3.8) is 0 Å². The van der Waals surface area contributed by atoms with Crippen molar-refractivity contribution in [1.29, 1.82) is 0 Å². The van der Waals surface area contributed by atoms with Gasteiger partial charge in [-0.2, -0.15) is 0 Å². The van der Waals surface area contributed by atoms with E-state index in [4.69, 9.17) is 4.74 Å². The number of urea groups is 1. The fraction of sp³-hybridized carbons (Fsp3) is 0.786. The standard InChI is InChI=1S/C14H26N2O2/c1-9-10-11(18-8)16(14(5,6)7)12(17)15(10)13(2,3)4/h9-11H,1H2,2-8H3/t10-,11-/m1/s1. The lowest BCUT2D eigenvalue weighted by molar-refractivity contribution is -0.0353. The third-order valence-electron chi connectivity index (χ3n) is 3.19. The summed E-state index contributed by atoms with van der Waals surface area (Å²) >= 11 is 0. The van der Waals surface area contributed by atoms with Crippen LogP contribution in [0.1, 0.15) is 41.5 Å². The second-order valence-electron chi connectivity index (χ2n) is 6.72. The van der Waals surface area contributed by atoms with E-state index in [-0.39, 0.29) is 29.4 Å². The first-order valence-electron chi connectivity index (χ1n) is 6.33. The topological polar surface area (TPSA) is 32.8 Å². The quantitative estimate of drug-likeness (QED) is 0.710. The number of amides is 2. The molecule has 0 bridgehead atoms. The summed E-state index contributed by atoms with van der Waals surface area (Å²) < 4.78 is 5.54. The van der Waals surface area contributed by atoms with Crippen LogP contribution in [0.15, 0.2) is 12.7 Å². The molecule has 1 saturated heterocycles. The number of ether oxygens (including phenoxy) is 1. The van der Waals surface area contributed by atoms with E-state index in [0.29, 0.717) is 0 Å². The van der Waals surface area contributed by atoms with Crippen LogP contribution in [0.2, 0.25) is 0 Å². The van der Waals surface area contributed by atoms with Gasteiger partial charge in [-0.15, -0.1) is 6.58 Å². The number of methoxy groups -OCH3 is 1. The lowest BCUT2D eigenvalue weighted by Gasteiger charge is -2.36. The molecule has 0 radical (unpaired) electrons. The van der Waals surface area contributed by atoms with Crippen LogP contribution in [0.5, 0.6) is 0 Å². The molecule has 0 aromatic carbocycles. The second-order valence-corrected chi connectivity index (χ2v) is 6.72. The zero-order valence-corrected chi connectivity index (χ0v) is 12.7. The van der Waals surface area contributed by atoms with E-state index in [2.05, 4.69) is 6.58 Å². The summed E-state index contributed by atoms with van der Waals surface area (Å²) in [5.41, 5.74) is -0.536. The Kier molecular flexibility index (Phi) is 3.82. The van der Waals surface area contributed by atoms with E-state index in [1.165, 1.54) is 0 Å². The Morgan fingerprint density at radius 1 is 1.11 bits per heavy atom. The number of nitrogens with zero attached hydrogens (tertiary/aromatic N) is 2. The Morgan fingerprint density at radius 2 is 1.56 bits per heavy atom. The SMILES string of the molecule is C=C[C@@H]1[C@@H](OC)N(C(C)(C)C)C(=O)N1C(C)(C)C. The molecule has 1 rings (SSSR count). The maximum absolute atomic E-state index is 12.7. The van der Waals surface area contributed by atoms with Gasteiger partial charge in [0.15, 0.2) is 6.23 Å². The smallest absolute Gasteiger partial charge is 0.323 e. The summed E-state index contributed by atoms with van der Waals surface area (Å²) in [7, 11) is 1.64. The molecule has 18 heavy (non-hydrogen) atoms. The third-order valence-corrected chi connectivity index (χ3v) is 3.19. The van der Waals surface area contributed by atoms with E-state index >= 15 is 0 Å². The number of carbonyl (C=O) groups is 1. The highest BCUT2D eigenvalue weighted by Crippen LogP contribution is 2.35. The molecule has 4 nitrogen and oxygen atoms in total. The van der Waals surface area contributed by atoms with Crippen molar-refractivity contribution >= 4 is 6.03 Å². The molecule has 4 heteroatoms. The highest BCUT2D eigenvalue weighted by atomic mass is 16.5. The highest BCUT2D eigenvalue weighted by Gasteiger charge is 2.52. The van der Waals surface area contributed by atoms with Crippen molar-refractivity contribution in [3.8, 4) is 0 Å². The molecule has 0 N–H and O–H groups in total. The molecule has 0 aromatic heterocycles. The van der Waals surface area contributed by atoms with Gasteiger partial charge in [0.05, 0.1) is 6.04 Å². The van der Waals surface area contributed by atoms with E-state index in [1.54, 1.807) is 18.1 Å². The summed E-state index contributed by atoms with van der Waals surface area (Å²) in [4.78, 5) is 16.3. The van der Waals surface area contributed by atoms with Crippen molar-refractivity contribution in [3.05, 3.63) is 12.7 Å². The average Bonchev–Trinajstić information content (AvgIpc) is 2.48. The fourth-order valence-corrected chi connectivity index (χ4v) is 2.50. The minimum absolute atomic E-state index is 0.00625. The van der Waals surface area contributed by atoms with Crippen LogP contribution in [0.25, 0.3) is 0 Å². The maximum Gasteiger partial charge on any atom is 0.323 e. The summed E-state index contributed by atoms with van der Waals surface area (Å²) in [5, 5.41) is 0. The molecule has 0 unspecified atom stereocenters. The number of rotatable bonds is 2. The van der Waals surface area contributed by atoms with Gasteiger partial charge in [-0.1, -0.05) is 6.08 Å². The predicted octanol–water partition coefficient (Wildman–Crippen LogP) is 2.85. The van der Waals surface area contributed by atoms with Gasteiger partial charge in [0.25, 0.3) is 0 Å². The monoisotopic (exact) mass is 254 g/mol. The van der Waals surface area contributed by atoms with Gasteiger partial charge in [0.1, 0.15) is 0 Å². The van der Waals surface area contributed by atoms with Crippen LogP contribution >= 0.6 is 0 Å². The van der Waals surface area contributed by atoms with Crippen LogP contribution in [0, 0.1) is 0 Å². The van der Waals surface area contributed by atoms with Crippen molar-refractivity contribution < 1.29 is 9.53 Å². The molecular formula is C14H26N2O2. The van der Waals surface area contributed by atoms with Crippen molar-refractivity contribution in [2.24, 2.45) is 0 Å². The fourth-order valence-electron chi connectivity index (χ4n) is 2.50. The Hall–Kier alpha value is -1.03. The third kappa shape index (κ3) is 2.39.